The Labute approximate surface area is 129 Å². The molecule has 2 N–H and O–H groups in total. The van der Waals surface area contributed by atoms with Crippen LogP contribution in [0, 0.1) is 19.9 Å². The van der Waals surface area contributed by atoms with Gasteiger partial charge in [-0.05, 0) is 0 Å². The fourth-order valence-corrected chi connectivity index (χ4v) is 0. The van der Waals surface area contributed by atoms with Crippen LogP contribution in [0.15, 0.2) is 0 Å². The Balaban J connectivity index is -0.00000000174. The summed E-state index contributed by atoms with van der Waals surface area (Å²) in [6, 6.07) is 0. The molecule has 9 heteroatoms. The predicted octanol–water partition coefficient (Wildman–Crippen LogP) is -4.72. The summed E-state index contributed by atoms with van der Waals surface area (Å²) < 4.78 is 0. The SMILES string of the molecule is C.C.C.C.O.O=C=O.O=O.O=O.[Na+].[Na+]. The van der Waals surface area contributed by atoms with Crippen molar-refractivity contribution in [3.05, 3.63) is 19.9 Å². The zero-order valence-corrected chi connectivity index (χ0v) is 9.45. The minimum Gasteiger partial charge on any atom is -0.412 e. The van der Waals surface area contributed by atoms with Crippen LogP contribution >= 0.6 is 0 Å². The predicted molar refractivity (Wildman–Crippen MR) is 49.0 cm³/mol. The summed E-state index contributed by atoms with van der Waals surface area (Å²) in [4.78, 5) is 44.2. The van der Waals surface area contributed by atoms with E-state index < -0.39 is 0 Å². The molecule has 0 heterocycles. The van der Waals surface area contributed by atoms with Gasteiger partial charge in [0.15, 0.2) is 0 Å². The zero-order valence-electron chi connectivity index (χ0n) is 5.45. The molecule has 0 aromatic heterocycles. The van der Waals surface area contributed by atoms with Crippen molar-refractivity contribution in [2.75, 3.05) is 0 Å². The van der Waals surface area contributed by atoms with Crippen molar-refractivity contribution in [3.63, 3.8) is 0 Å². The molecule has 0 fully saturated rings. The molecule has 0 aliphatic carbocycles. The first-order chi connectivity index (χ1) is 3.41. The van der Waals surface area contributed by atoms with Gasteiger partial charge in [-0.2, -0.15) is 9.59 Å². The summed E-state index contributed by atoms with van der Waals surface area (Å²) in [6.45, 7) is 0. The summed E-state index contributed by atoms with van der Waals surface area (Å²) in [5.74, 6) is 0. The van der Waals surface area contributed by atoms with Crippen molar-refractivity contribution in [1.29, 1.82) is 0 Å². The maximum Gasteiger partial charge on any atom is 1.00 e. The first-order valence-corrected chi connectivity index (χ1v) is 0.742. The van der Waals surface area contributed by atoms with E-state index >= 15 is 0 Å². The number of carbonyl (C=O) groups excluding carboxylic acids is 2. The van der Waals surface area contributed by atoms with Crippen molar-refractivity contribution in [2.45, 2.75) is 29.7 Å². The second kappa shape index (κ2) is 898. The quantitative estimate of drug-likeness (QED) is 0.388. The maximum atomic E-state index is 8.12. The van der Waals surface area contributed by atoms with Crippen molar-refractivity contribution >= 4 is 6.15 Å². The summed E-state index contributed by atoms with van der Waals surface area (Å²) in [5, 5.41) is 0. The number of hydrogen-bond donors (Lipinski definition) is 0. The van der Waals surface area contributed by atoms with Gasteiger partial charge in [0.25, 0.3) is 0 Å². The molecule has 0 unspecified atom stereocenters. The monoisotopic (exact) mass is 236 g/mol. The van der Waals surface area contributed by atoms with Crippen LogP contribution in [0.5, 0.6) is 0 Å². The first kappa shape index (κ1) is 129. The molecule has 80 valence electrons. The van der Waals surface area contributed by atoms with Crippen molar-refractivity contribution in [3.8, 4) is 0 Å². The molecule has 0 amide bonds. The maximum absolute atomic E-state index is 8.12. The van der Waals surface area contributed by atoms with Crippen LogP contribution in [-0.2, 0) is 9.59 Å². The summed E-state index contributed by atoms with van der Waals surface area (Å²) in [7, 11) is 0. The minimum atomic E-state index is 0. The largest absolute Gasteiger partial charge is 1.00 e. The van der Waals surface area contributed by atoms with Crippen molar-refractivity contribution < 1.29 is 74.2 Å². The Morgan fingerprint density at radius 2 is 0.571 bits per heavy atom. The van der Waals surface area contributed by atoms with Gasteiger partial charge in [0.2, 0.25) is 0 Å². The van der Waals surface area contributed by atoms with E-state index in [0.717, 1.165) is 0 Å². The van der Waals surface area contributed by atoms with Gasteiger partial charge in [0, 0.05) is 19.9 Å². The molecular formula is C5H18Na2O7+2. The average Bonchev–Trinajstić information content (AvgIpc) is 1.78. The average molecular weight is 236 g/mol. The number of rotatable bonds is 0. The Hall–Kier alpha value is 0.540. The van der Waals surface area contributed by atoms with E-state index in [1.165, 1.54) is 0 Å². The van der Waals surface area contributed by atoms with Crippen LogP contribution in [0.3, 0.4) is 0 Å². The van der Waals surface area contributed by atoms with E-state index in [-0.39, 0.29) is 100 Å². The van der Waals surface area contributed by atoms with Gasteiger partial charge < -0.3 is 5.48 Å². The van der Waals surface area contributed by atoms with Crippen LogP contribution in [0.4, 0.5) is 0 Å². The molecule has 0 aromatic carbocycles. The Morgan fingerprint density at radius 1 is 0.571 bits per heavy atom. The Morgan fingerprint density at radius 3 is 0.571 bits per heavy atom. The third kappa shape index (κ3) is 5730. The van der Waals surface area contributed by atoms with Gasteiger partial charge >= 0.3 is 65.3 Å². The smallest absolute Gasteiger partial charge is 0.412 e. The Kier molecular flexibility index (Phi) is 8290. The molecule has 0 rings (SSSR count). The summed E-state index contributed by atoms with van der Waals surface area (Å²) in [6.07, 6.45) is 0.250. The Bertz CT molecular complexity index is 56.0. The normalized spacial score (nSPS) is 1.14. The van der Waals surface area contributed by atoms with E-state index in [9.17, 15) is 0 Å². The third-order valence-electron chi connectivity index (χ3n) is 0. The summed E-state index contributed by atoms with van der Waals surface area (Å²) >= 11 is 0. The van der Waals surface area contributed by atoms with Gasteiger partial charge in [-0.3, -0.25) is 0 Å². The van der Waals surface area contributed by atoms with Crippen molar-refractivity contribution in [1.82, 2.24) is 0 Å². The topological polar surface area (TPSA) is 134 Å². The molecule has 0 bridgehead atoms. The van der Waals surface area contributed by atoms with Crippen LogP contribution in [0.25, 0.3) is 0 Å². The molecule has 0 aromatic rings. The molecular weight excluding hydrogens is 218 g/mol. The van der Waals surface area contributed by atoms with Crippen LogP contribution < -0.4 is 59.1 Å². The minimum absolute atomic E-state index is 0. The molecule has 0 atom stereocenters. The van der Waals surface area contributed by atoms with Gasteiger partial charge in [-0.25, -0.2) is 0 Å². The number of hydrogen-bond acceptors (Lipinski definition) is 6. The second-order valence-corrected chi connectivity index (χ2v) is 0.0833. The van der Waals surface area contributed by atoms with E-state index in [2.05, 4.69) is 0 Å². The fourth-order valence-electron chi connectivity index (χ4n) is 0. The van der Waals surface area contributed by atoms with E-state index in [1.807, 2.05) is 0 Å². The van der Waals surface area contributed by atoms with E-state index in [4.69, 9.17) is 29.4 Å². The van der Waals surface area contributed by atoms with Crippen LogP contribution in [-0.4, -0.2) is 11.6 Å². The molecule has 0 saturated heterocycles. The molecule has 0 radical (unpaired) electrons. The van der Waals surface area contributed by atoms with Crippen LogP contribution in [0.1, 0.15) is 29.7 Å². The van der Waals surface area contributed by atoms with Gasteiger partial charge in [-0.1, -0.05) is 29.7 Å². The molecule has 0 saturated carbocycles. The zero-order chi connectivity index (χ0) is 6.71. The van der Waals surface area contributed by atoms with Gasteiger partial charge in [0.05, 0.1) is 0 Å². The van der Waals surface area contributed by atoms with Crippen LogP contribution in [0.2, 0.25) is 0 Å². The van der Waals surface area contributed by atoms with Gasteiger partial charge in [0.1, 0.15) is 0 Å². The molecule has 0 aliphatic heterocycles. The van der Waals surface area contributed by atoms with E-state index in [0.29, 0.717) is 0 Å². The fraction of sp³-hybridized carbons (Fsp3) is 0.800. The molecule has 14 heavy (non-hydrogen) atoms. The molecule has 0 aliphatic rings. The third-order valence-corrected chi connectivity index (χ3v) is 0. The van der Waals surface area contributed by atoms with Crippen molar-refractivity contribution in [2.24, 2.45) is 0 Å². The molecule has 7 nitrogen and oxygen atoms in total. The second-order valence-electron chi connectivity index (χ2n) is 0.0833. The standard InChI is InChI=1S/CO2.4CH4.2Na.2O2.H2O/c2-1-3;;;;;;;2*1-2;/h;4*1H4;;;;;1H2/q;;;;;2*+1;;;. The van der Waals surface area contributed by atoms with E-state index in [1.54, 1.807) is 0 Å². The van der Waals surface area contributed by atoms with Gasteiger partial charge in [-0.15, -0.1) is 0 Å². The molecule has 0 spiro atoms. The first-order valence-electron chi connectivity index (χ1n) is 0.742. The summed E-state index contributed by atoms with van der Waals surface area (Å²) in [5.41, 5.74) is 0.